The zero-order valence-corrected chi connectivity index (χ0v) is 55.2. The molecule has 13 rings (SSSR count). The van der Waals surface area contributed by atoms with Crippen molar-refractivity contribution in [3.8, 4) is 112 Å². The third-order valence-corrected chi connectivity index (χ3v) is 20.7. The van der Waals surface area contributed by atoms with Gasteiger partial charge in [0.15, 0.2) is 0 Å². The van der Waals surface area contributed by atoms with Crippen LogP contribution in [0.2, 0.25) is 0 Å². The van der Waals surface area contributed by atoms with Crippen LogP contribution in [0.4, 0.5) is 22.0 Å². The van der Waals surface area contributed by atoms with E-state index in [9.17, 15) is 0 Å². The summed E-state index contributed by atoms with van der Waals surface area (Å²) in [7, 11) is 0. The molecule has 0 aliphatic carbocycles. The second kappa shape index (κ2) is 25.6. The first-order chi connectivity index (χ1) is 46.1. The molecule has 0 amide bonds. The van der Waals surface area contributed by atoms with Gasteiger partial charge in [-0.15, -0.1) is 0 Å². The molecule has 0 atom stereocenters. The van der Waals surface area contributed by atoms with Gasteiger partial charge in [-0.1, -0.05) is 250 Å². The van der Waals surface area contributed by atoms with Crippen molar-refractivity contribution in [1.29, 1.82) is 0 Å². The lowest BCUT2D eigenvalue weighted by Gasteiger charge is -2.46. The highest BCUT2D eigenvalue weighted by Gasteiger charge is 2.45. The number of benzene rings is 10. The van der Waals surface area contributed by atoms with Crippen molar-refractivity contribution in [2.75, 3.05) is 0 Å². The van der Waals surface area contributed by atoms with Crippen molar-refractivity contribution in [2.45, 2.75) is 84.0 Å². The van der Waals surface area contributed by atoms with Gasteiger partial charge in [-0.2, -0.15) is 0 Å². The minimum atomic E-state index is -0.678. The summed E-state index contributed by atoms with van der Waals surface area (Å²) in [6.45, 7) is 19.9. The van der Waals surface area contributed by atoms with Gasteiger partial charge in [0.1, 0.15) is 29.1 Å². The lowest BCUT2D eigenvalue weighted by Crippen LogP contribution is -2.43. The number of hydrogen-bond acceptors (Lipinski definition) is 3. The third kappa shape index (κ3) is 11.7. The molecule has 96 heavy (non-hydrogen) atoms. The summed E-state index contributed by atoms with van der Waals surface area (Å²) >= 11 is 0. The highest BCUT2D eigenvalue weighted by molar-refractivity contribution is 5.93. The second-order valence-corrected chi connectivity index (χ2v) is 27.1. The molecule has 0 unspecified atom stereocenters. The fourth-order valence-electron chi connectivity index (χ4n) is 13.5. The SMILES string of the molecule is Cc1cc(-c2ccc(F)c(-c3ccccc3)c2F)ncc1C(C)(C)C(C)(C)c1cc(-c2ccccc2-c2cnc(-c3ccc(F)c(-c4ccccc4)c3)cc2-c2ccc(-c3ccccc3)cc2)cc(C(C)(C)C(C)(C)c2ccc(-c3ccc(F)c(-c4ccccc4)c3F)nc2)c1. The van der Waals surface area contributed by atoms with Gasteiger partial charge in [-0.3, -0.25) is 15.0 Å². The Kier molecular flexibility index (Phi) is 17.0. The van der Waals surface area contributed by atoms with Crippen molar-refractivity contribution in [1.82, 2.24) is 15.0 Å². The van der Waals surface area contributed by atoms with E-state index in [1.807, 2.05) is 110 Å². The Morgan fingerprint density at radius 1 is 0.250 bits per heavy atom. The maximum absolute atomic E-state index is 16.6. The summed E-state index contributed by atoms with van der Waals surface area (Å²) in [6.07, 6.45) is 5.61. The first-order valence-corrected chi connectivity index (χ1v) is 32.4. The number of pyridine rings is 3. The molecule has 474 valence electrons. The quantitative estimate of drug-likeness (QED) is 0.0905. The topological polar surface area (TPSA) is 38.7 Å². The minimum absolute atomic E-state index is 0.0997. The van der Waals surface area contributed by atoms with Crippen molar-refractivity contribution >= 4 is 0 Å². The standard InChI is InChI=1S/C88H72F5N3/c1-55-46-80(70-41-44-77(91)82(84(70)93)61-30-20-13-21-31-61)96-54-74(55)88(8,9)87(6,7)66-48-63(47-65(50-66)86(4,5)85(2,3)64-39-45-78(94-52-64)69-40-43-76(90)81(83(69)92)60-28-18-12-19-29-60)67-32-22-23-33-68(67)73-53-95-79(62-38-42-75(89)72(49-62)58-26-16-11-17-27-58)51-71(73)59-36-34-57(35-37-59)56-24-14-10-15-25-56/h10-54H,1-9H3. The summed E-state index contributed by atoms with van der Waals surface area (Å²) in [4.78, 5) is 15.1. The minimum Gasteiger partial charge on any atom is -0.256 e. The number of aryl methyl sites for hydroxylation is 1. The highest BCUT2D eigenvalue weighted by atomic mass is 19.1. The fraction of sp³-hybridized carbons (Fsp3) is 0.148. The number of rotatable bonds is 16. The molecule has 0 spiro atoms. The van der Waals surface area contributed by atoms with Crippen LogP contribution < -0.4 is 0 Å². The Hall–Kier alpha value is -10.7. The summed E-state index contributed by atoms with van der Waals surface area (Å²) in [5.41, 5.74) is 14.7. The average Bonchev–Trinajstić information content (AvgIpc) is 0.736. The number of aromatic nitrogens is 3. The van der Waals surface area contributed by atoms with Gasteiger partial charge in [0.2, 0.25) is 0 Å². The van der Waals surface area contributed by atoms with Gasteiger partial charge in [0.05, 0.1) is 28.2 Å². The summed E-state index contributed by atoms with van der Waals surface area (Å²) in [5, 5.41) is 0. The molecule has 0 N–H and O–H groups in total. The fourth-order valence-corrected chi connectivity index (χ4v) is 13.5. The maximum atomic E-state index is 16.6. The molecule has 3 aromatic heterocycles. The predicted octanol–water partition coefficient (Wildman–Crippen LogP) is 24.1. The van der Waals surface area contributed by atoms with Crippen molar-refractivity contribution in [2.24, 2.45) is 0 Å². The van der Waals surface area contributed by atoms with E-state index >= 15 is 22.0 Å². The Morgan fingerprint density at radius 3 is 1.24 bits per heavy atom. The third-order valence-electron chi connectivity index (χ3n) is 20.7. The van der Waals surface area contributed by atoms with E-state index in [1.54, 1.807) is 54.6 Å². The molecule has 13 aromatic rings. The molecule has 0 aliphatic heterocycles. The van der Waals surface area contributed by atoms with E-state index < -0.39 is 44.9 Å². The van der Waals surface area contributed by atoms with Crippen LogP contribution in [-0.4, -0.2) is 15.0 Å². The molecule has 0 radical (unpaired) electrons. The molecule has 0 saturated carbocycles. The van der Waals surface area contributed by atoms with Gasteiger partial charge >= 0.3 is 0 Å². The molecule has 0 bridgehead atoms. The van der Waals surface area contributed by atoms with E-state index in [0.29, 0.717) is 33.8 Å². The Balaban J connectivity index is 0.955. The highest BCUT2D eigenvalue weighted by Crippen LogP contribution is 2.52. The monoisotopic (exact) mass is 1270 g/mol. The lowest BCUT2D eigenvalue weighted by atomic mass is 9.58. The summed E-state index contributed by atoms with van der Waals surface area (Å²) in [5.74, 6) is -2.97. The molecule has 8 heteroatoms. The van der Waals surface area contributed by atoms with Crippen LogP contribution in [0.15, 0.2) is 273 Å². The number of halogens is 5. The van der Waals surface area contributed by atoms with Crippen LogP contribution >= 0.6 is 0 Å². The molecular formula is C88H72F5N3. The maximum Gasteiger partial charge on any atom is 0.143 e. The van der Waals surface area contributed by atoms with E-state index in [-0.39, 0.29) is 28.1 Å². The van der Waals surface area contributed by atoms with Crippen LogP contribution in [-0.2, 0) is 21.7 Å². The van der Waals surface area contributed by atoms with Crippen LogP contribution in [0.1, 0.15) is 83.2 Å². The van der Waals surface area contributed by atoms with Crippen LogP contribution in [0.25, 0.3) is 112 Å². The molecule has 0 saturated heterocycles. The number of hydrogen-bond donors (Lipinski definition) is 0. The largest absolute Gasteiger partial charge is 0.256 e. The van der Waals surface area contributed by atoms with Crippen LogP contribution in [0.3, 0.4) is 0 Å². The van der Waals surface area contributed by atoms with Crippen molar-refractivity contribution in [3.63, 3.8) is 0 Å². The van der Waals surface area contributed by atoms with E-state index in [0.717, 1.165) is 83.5 Å². The molecule has 0 fully saturated rings. The zero-order valence-electron chi connectivity index (χ0n) is 55.2. The molecule has 10 aromatic carbocycles. The molecule has 0 aliphatic rings. The van der Waals surface area contributed by atoms with Gasteiger partial charge in [0, 0.05) is 57.2 Å². The van der Waals surface area contributed by atoms with Gasteiger partial charge in [0.25, 0.3) is 0 Å². The van der Waals surface area contributed by atoms with E-state index in [4.69, 9.17) is 15.0 Å². The smallest absolute Gasteiger partial charge is 0.143 e. The van der Waals surface area contributed by atoms with E-state index in [2.05, 4.69) is 140 Å². The van der Waals surface area contributed by atoms with Gasteiger partial charge in [-0.05, 0) is 162 Å². The second-order valence-electron chi connectivity index (χ2n) is 27.1. The Morgan fingerprint density at radius 2 is 0.688 bits per heavy atom. The van der Waals surface area contributed by atoms with Crippen molar-refractivity contribution < 1.29 is 22.0 Å². The number of nitrogens with zero attached hydrogens (tertiary/aromatic N) is 3. The lowest BCUT2D eigenvalue weighted by molar-refractivity contribution is 0.292. The van der Waals surface area contributed by atoms with Crippen LogP contribution in [0, 0.1) is 36.0 Å². The van der Waals surface area contributed by atoms with Gasteiger partial charge < -0.3 is 0 Å². The normalized spacial score (nSPS) is 12.1. The Labute approximate surface area is 559 Å². The molecule has 3 heterocycles. The van der Waals surface area contributed by atoms with Crippen molar-refractivity contribution in [3.05, 3.63) is 330 Å². The first kappa shape index (κ1) is 64.0. The van der Waals surface area contributed by atoms with E-state index in [1.165, 1.54) is 30.3 Å². The van der Waals surface area contributed by atoms with Gasteiger partial charge in [-0.25, -0.2) is 22.0 Å². The predicted molar refractivity (Wildman–Crippen MR) is 384 cm³/mol. The molecule has 3 nitrogen and oxygen atoms in total. The first-order valence-electron chi connectivity index (χ1n) is 32.4. The summed E-state index contributed by atoms with van der Waals surface area (Å²) < 4.78 is 79.8. The van der Waals surface area contributed by atoms with Crippen LogP contribution in [0.5, 0.6) is 0 Å². The zero-order chi connectivity index (χ0) is 67.3. The Bertz CT molecular complexity index is 5020. The summed E-state index contributed by atoms with van der Waals surface area (Å²) in [6, 6.07) is 79.8. The molecular weight excluding hydrogens is 1190 g/mol. The average molecular weight is 1270 g/mol.